The van der Waals surface area contributed by atoms with Crippen LogP contribution >= 0.6 is 0 Å². The largest absolute Gasteiger partial charge is 0.361 e. The lowest BCUT2D eigenvalue weighted by Crippen LogP contribution is -2.25. The molecule has 0 radical (unpaired) electrons. The van der Waals surface area contributed by atoms with Crippen LogP contribution in [0, 0.1) is 0 Å². The number of aryl methyl sites for hydroxylation is 1. The minimum atomic E-state index is -0.0757. The third kappa shape index (κ3) is 3.72. The molecule has 4 rings (SSSR count). The molecule has 5 heteroatoms. The number of hydrogen-bond acceptors (Lipinski definition) is 2. The molecule has 0 atom stereocenters. The molecule has 1 aliphatic rings. The summed E-state index contributed by atoms with van der Waals surface area (Å²) in [5.74, 6) is 0.0812. The number of hydrogen-bond donors (Lipinski definition) is 2. The lowest BCUT2D eigenvalue weighted by molar-refractivity contribution is -0.117. The van der Waals surface area contributed by atoms with Crippen molar-refractivity contribution in [1.29, 1.82) is 0 Å². The minimum absolute atomic E-state index is 0.0757. The van der Waals surface area contributed by atoms with Gasteiger partial charge in [0.2, 0.25) is 5.91 Å². The maximum absolute atomic E-state index is 12.3. The molecule has 0 saturated carbocycles. The molecule has 2 amide bonds. The van der Waals surface area contributed by atoms with Crippen LogP contribution in [0.15, 0.2) is 54.7 Å². The van der Waals surface area contributed by atoms with Crippen LogP contribution in [-0.4, -0.2) is 29.9 Å². The normalized spacial score (nSPS) is 14.1. The topological polar surface area (TPSA) is 65.2 Å². The molecule has 2 N–H and O–H groups in total. The number of nitrogens with zero attached hydrogens (tertiary/aromatic N) is 1. The Balaban J connectivity index is 1.28. The molecule has 0 spiro atoms. The maximum Gasteiger partial charge on any atom is 0.251 e. The Morgan fingerprint density at radius 3 is 2.70 bits per heavy atom. The van der Waals surface area contributed by atoms with E-state index in [0.717, 1.165) is 37.0 Å². The van der Waals surface area contributed by atoms with Gasteiger partial charge in [-0.3, -0.25) is 9.59 Å². The average molecular weight is 361 g/mol. The Bertz CT molecular complexity index is 959. The molecule has 138 valence electrons. The standard InChI is InChI=1S/C22H23N3O2/c26-21-8-4-14-25(21)18-11-9-16(10-12-18)22(27)23-13-3-5-17-15-24-20-7-2-1-6-19(17)20/h1-2,6-7,9-12,15,24H,3-5,8,13-14H2,(H,23,27). The Labute approximate surface area is 158 Å². The second-order valence-electron chi connectivity index (χ2n) is 6.91. The highest BCUT2D eigenvalue weighted by Gasteiger charge is 2.21. The maximum atomic E-state index is 12.3. The van der Waals surface area contributed by atoms with E-state index in [-0.39, 0.29) is 11.8 Å². The van der Waals surface area contributed by atoms with Gasteiger partial charge < -0.3 is 15.2 Å². The fourth-order valence-corrected chi connectivity index (χ4v) is 3.64. The highest BCUT2D eigenvalue weighted by molar-refractivity contribution is 5.97. The molecule has 1 aliphatic heterocycles. The van der Waals surface area contributed by atoms with Crippen molar-refractivity contribution in [3.63, 3.8) is 0 Å². The number of aromatic amines is 1. The second-order valence-corrected chi connectivity index (χ2v) is 6.91. The molecule has 1 aromatic heterocycles. The first-order chi connectivity index (χ1) is 13.2. The Morgan fingerprint density at radius 1 is 1.11 bits per heavy atom. The van der Waals surface area contributed by atoms with Crippen LogP contribution in [0.3, 0.4) is 0 Å². The highest BCUT2D eigenvalue weighted by atomic mass is 16.2. The number of carbonyl (C=O) groups excluding carboxylic acids is 2. The predicted octanol–water partition coefficient (Wildman–Crippen LogP) is 3.66. The van der Waals surface area contributed by atoms with Crippen molar-refractivity contribution in [3.8, 4) is 0 Å². The number of aromatic nitrogens is 1. The van der Waals surface area contributed by atoms with Crippen LogP contribution in [0.5, 0.6) is 0 Å². The van der Waals surface area contributed by atoms with E-state index in [4.69, 9.17) is 0 Å². The third-order valence-corrected chi connectivity index (χ3v) is 5.10. The van der Waals surface area contributed by atoms with E-state index < -0.39 is 0 Å². The molecule has 3 aromatic rings. The molecular weight excluding hydrogens is 338 g/mol. The number of amides is 2. The second kappa shape index (κ2) is 7.66. The van der Waals surface area contributed by atoms with Crippen LogP contribution in [0.25, 0.3) is 10.9 Å². The third-order valence-electron chi connectivity index (χ3n) is 5.10. The lowest BCUT2D eigenvalue weighted by Gasteiger charge is -2.15. The summed E-state index contributed by atoms with van der Waals surface area (Å²) in [6, 6.07) is 15.5. The van der Waals surface area contributed by atoms with Crippen LogP contribution in [0.2, 0.25) is 0 Å². The van der Waals surface area contributed by atoms with Gasteiger partial charge in [0.1, 0.15) is 0 Å². The number of H-pyrrole nitrogens is 1. The quantitative estimate of drug-likeness (QED) is 0.658. The van der Waals surface area contributed by atoms with E-state index in [2.05, 4.69) is 22.4 Å². The fraction of sp³-hybridized carbons (Fsp3) is 0.273. The van der Waals surface area contributed by atoms with Crippen molar-refractivity contribution < 1.29 is 9.59 Å². The summed E-state index contributed by atoms with van der Waals surface area (Å²) in [5.41, 5.74) is 3.92. The van der Waals surface area contributed by atoms with Gasteiger partial charge in [0.05, 0.1) is 0 Å². The van der Waals surface area contributed by atoms with Gasteiger partial charge in [0.25, 0.3) is 5.91 Å². The number of carbonyl (C=O) groups is 2. The van der Waals surface area contributed by atoms with Crippen molar-refractivity contribution in [2.24, 2.45) is 0 Å². The van der Waals surface area contributed by atoms with Gasteiger partial charge >= 0.3 is 0 Å². The molecule has 27 heavy (non-hydrogen) atoms. The summed E-state index contributed by atoms with van der Waals surface area (Å²) in [5, 5.41) is 4.22. The summed E-state index contributed by atoms with van der Waals surface area (Å²) >= 11 is 0. The van der Waals surface area contributed by atoms with E-state index in [1.165, 1.54) is 10.9 Å². The van der Waals surface area contributed by atoms with Gasteiger partial charge in [-0.1, -0.05) is 18.2 Å². The highest BCUT2D eigenvalue weighted by Crippen LogP contribution is 2.22. The summed E-state index contributed by atoms with van der Waals surface area (Å²) < 4.78 is 0. The Kier molecular flexibility index (Phi) is 4.92. The van der Waals surface area contributed by atoms with Crippen molar-refractivity contribution in [2.45, 2.75) is 25.7 Å². The SMILES string of the molecule is O=C(NCCCc1c[nH]c2ccccc12)c1ccc(N2CCCC2=O)cc1. The number of rotatable bonds is 6. The van der Waals surface area contributed by atoms with E-state index in [9.17, 15) is 9.59 Å². The molecule has 2 heterocycles. The van der Waals surface area contributed by atoms with Crippen molar-refractivity contribution in [2.75, 3.05) is 18.0 Å². The summed E-state index contributed by atoms with van der Waals surface area (Å²) in [6.07, 6.45) is 5.36. The van der Waals surface area contributed by atoms with Crippen LogP contribution in [0.1, 0.15) is 35.2 Å². The fourth-order valence-electron chi connectivity index (χ4n) is 3.64. The van der Waals surface area contributed by atoms with Crippen molar-refractivity contribution in [3.05, 3.63) is 65.9 Å². The molecule has 0 bridgehead atoms. The van der Waals surface area contributed by atoms with Gasteiger partial charge in [0, 0.05) is 47.9 Å². The predicted molar refractivity (Wildman–Crippen MR) is 107 cm³/mol. The van der Waals surface area contributed by atoms with E-state index in [1.807, 2.05) is 30.5 Å². The van der Waals surface area contributed by atoms with Crippen LogP contribution in [0.4, 0.5) is 5.69 Å². The number of fused-ring (bicyclic) bond motifs is 1. The molecule has 1 fully saturated rings. The van der Waals surface area contributed by atoms with Crippen molar-refractivity contribution >= 4 is 28.4 Å². The zero-order valence-corrected chi connectivity index (χ0v) is 15.2. The van der Waals surface area contributed by atoms with E-state index >= 15 is 0 Å². The zero-order chi connectivity index (χ0) is 18.6. The first kappa shape index (κ1) is 17.3. The van der Waals surface area contributed by atoms with Crippen LogP contribution in [-0.2, 0) is 11.2 Å². The first-order valence-electron chi connectivity index (χ1n) is 9.46. The summed E-state index contributed by atoms with van der Waals surface area (Å²) in [4.78, 5) is 29.2. The van der Waals surface area contributed by atoms with Crippen LogP contribution < -0.4 is 10.2 Å². The van der Waals surface area contributed by atoms with Crippen molar-refractivity contribution in [1.82, 2.24) is 10.3 Å². The zero-order valence-electron chi connectivity index (χ0n) is 15.2. The first-order valence-corrected chi connectivity index (χ1v) is 9.46. The van der Waals surface area contributed by atoms with Gasteiger partial charge in [-0.15, -0.1) is 0 Å². The lowest BCUT2D eigenvalue weighted by atomic mass is 10.1. The molecule has 2 aromatic carbocycles. The van der Waals surface area contributed by atoms with Gasteiger partial charge in [-0.2, -0.15) is 0 Å². The Morgan fingerprint density at radius 2 is 1.93 bits per heavy atom. The van der Waals surface area contributed by atoms with Gasteiger partial charge in [0.15, 0.2) is 0 Å². The number of benzene rings is 2. The molecule has 1 saturated heterocycles. The summed E-state index contributed by atoms with van der Waals surface area (Å²) in [6.45, 7) is 1.39. The number of nitrogens with one attached hydrogen (secondary N) is 2. The number of para-hydroxylation sites is 1. The van der Waals surface area contributed by atoms with Gasteiger partial charge in [-0.05, 0) is 55.2 Å². The Hall–Kier alpha value is -3.08. The smallest absolute Gasteiger partial charge is 0.251 e. The van der Waals surface area contributed by atoms with E-state index in [1.54, 1.807) is 17.0 Å². The monoisotopic (exact) mass is 361 g/mol. The number of anilines is 1. The molecule has 5 nitrogen and oxygen atoms in total. The summed E-state index contributed by atoms with van der Waals surface area (Å²) in [7, 11) is 0. The molecule has 0 unspecified atom stereocenters. The minimum Gasteiger partial charge on any atom is -0.361 e. The average Bonchev–Trinajstić information content (AvgIpc) is 3.31. The van der Waals surface area contributed by atoms with Gasteiger partial charge in [-0.25, -0.2) is 0 Å². The molecule has 0 aliphatic carbocycles. The molecular formula is C22H23N3O2. The van der Waals surface area contributed by atoms with E-state index in [0.29, 0.717) is 18.5 Å².